The lowest BCUT2D eigenvalue weighted by Crippen LogP contribution is -2.47. The molecule has 0 saturated heterocycles. The van der Waals surface area contributed by atoms with Gasteiger partial charge in [0, 0.05) is 12.8 Å². The monoisotopic (exact) mass is 1010 g/mol. The number of esters is 1. The first-order valence-corrected chi connectivity index (χ1v) is 30.7. The summed E-state index contributed by atoms with van der Waals surface area (Å²) < 4.78 is 30.2. The third kappa shape index (κ3) is 52.1. The van der Waals surface area contributed by atoms with Gasteiger partial charge in [0.1, 0.15) is 19.3 Å². The third-order valence-electron chi connectivity index (χ3n) is 12.6. The second kappa shape index (κ2) is 51.0. The SMILES string of the molecule is CCCCC/C=C\C/C=C\C/C=C\C/C=C\CCCC(=O)OC(/C=C/CCCCCCCCCCCC)C(COP(=O)([O-])OCC[N+](C)(C)C)NC(=O)CCCCCCC/C=C/CCCCCCCCC. The number of phosphoric ester groups is 1. The average molecular weight is 1020 g/mol. The second-order valence-electron chi connectivity index (χ2n) is 20.8. The van der Waals surface area contributed by atoms with Crippen molar-refractivity contribution in [3.63, 3.8) is 0 Å². The Kier molecular flexibility index (Phi) is 49.1. The van der Waals surface area contributed by atoms with E-state index in [0.717, 1.165) is 83.5 Å². The molecule has 1 N–H and O–H groups in total. The molecule has 0 aliphatic heterocycles. The van der Waals surface area contributed by atoms with E-state index in [4.69, 9.17) is 13.8 Å². The lowest BCUT2D eigenvalue weighted by atomic mass is 10.0. The molecule has 0 aliphatic carbocycles. The number of hydrogen-bond acceptors (Lipinski definition) is 7. The van der Waals surface area contributed by atoms with Crippen LogP contribution in [0, 0.1) is 0 Å². The highest BCUT2D eigenvalue weighted by Crippen LogP contribution is 2.38. The number of carbonyl (C=O) groups excluding carboxylic acids is 2. The van der Waals surface area contributed by atoms with Crippen LogP contribution in [0.25, 0.3) is 0 Å². The molecule has 10 heteroatoms. The normalized spacial score (nSPS) is 14.3. The summed E-state index contributed by atoms with van der Waals surface area (Å²) in [4.78, 5) is 39.8. The third-order valence-corrected chi connectivity index (χ3v) is 13.6. The highest BCUT2D eigenvalue weighted by atomic mass is 31.2. The van der Waals surface area contributed by atoms with Gasteiger partial charge in [0.15, 0.2) is 0 Å². The van der Waals surface area contributed by atoms with Crippen molar-refractivity contribution in [3.05, 3.63) is 72.9 Å². The number of nitrogens with one attached hydrogen (secondary N) is 1. The van der Waals surface area contributed by atoms with Crippen LogP contribution in [0.5, 0.6) is 0 Å². The Labute approximate surface area is 438 Å². The van der Waals surface area contributed by atoms with Crippen LogP contribution >= 0.6 is 7.82 Å². The van der Waals surface area contributed by atoms with Crippen molar-refractivity contribution >= 4 is 19.7 Å². The number of unbranched alkanes of at least 4 members (excludes halogenated alkanes) is 26. The van der Waals surface area contributed by atoms with Gasteiger partial charge in [-0.2, -0.15) is 0 Å². The van der Waals surface area contributed by atoms with Crippen molar-refractivity contribution < 1.29 is 37.3 Å². The van der Waals surface area contributed by atoms with E-state index in [9.17, 15) is 19.0 Å². The minimum Gasteiger partial charge on any atom is -0.756 e. The molecular weight excluding hydrogens is 904 g/mol. The van der Waals surface area contributed by atoms with Crippen LogP contribution in [0.15, 0.2) is 72.9 Å². The maximum Gasteiger partial charge on any atom is 0.306 e. The fraction of sp³-hybridized carbons (Fsp3) is 0.770. The van der Waals surface area contributed by atoms with Crippen LogP contribution in [0.4, 0.5) is 0 Å². The summed E-state index contributed by atoms with van der Waals surface area (Å²) in [7, 11) is 1.15. The topological polar surface area (TPSA) is 114 Å². The van der Waals surface area contributed by atoms with Crippen molar-refractivity contribution in [2.24, 2.45) is 0 Å². The van der Waals surface area contributed by atoms with E-state index >= 15 is 0 Å². The van der Waals surface area contributed by atoms with Gasteiger partial charge in [-0.1, -0.05) is 216 Å². The maximum absolute atomic E-state index is 13.5. The first-order chi connectivity index (χ1) is 34.4. The van der Waals surface area contributed by atoms with E-state index < -0.39 is 32.5 Å². The first kappa shape index (κ1) is 68.5. The summed E-state index contributed by atoms with van der Waals surface area (Å²) in [5, 5.41) is 3.00. The molecule has 0 aromatic rings. The zero-order valence-electron chi connectivity index (χ0n) is 46.9. The van der Waals surface area contributed by atoms with Crippen LogP contribution in [0.2, 0.25) is 0 Å². The van der Waals surface area contributed by atoms with E-state index in [1.54, 1.807) is 0 Å². The van der Waals surface area contributed by atoms with E-state index in [2.05, 4.69) is 86.8 Å². The molecule has 9 nitrogen and oxygen atoms in total. The van der Waals surface area contributed by atoms with Crippen LogP contribution in [0.1, 0.15) is 252 Å². The van der Waals surface area contributed by atoms with Gasteiger partial charge in [-0.3, -0.25) is 14.2 Å². The predicted octanol–water partition coefficient (Wildman–Crippen LogP) is 17.0. The standard InChI is InChI=1S/C61H111N2O7P/c1-7-10-13-16-19-22-25-28-30-32-34-36-39-42-45-48-51-54-61(65)70-59(52-49-46-43-40-37-27-24-21-18-15-12-9-3)58(57-69-71(66,67)68-56-55-63(4,5)6)62-60(64)53-50-47-44-41-38-35-33-31-29-26-23-20-17-14-11-8-2/h19,22,28,30-31,33-34,36,42,45,49,52,58-59H,7-18,20-21,23-27,29,32,35,37-41,43-44,46-48,50-51,53-57H2,1-6H3,(H-,62,64,66,67)/b22-19-,30-28-,33-31+,36-34-,45-42-,52-49+. The Balaban J connectivity index is 5.44. The first-order valence-electron chi connectivity index (χ1n) is 29.2. The molecule has 0 rings (SSSR count). The zero-order valence-corrected chi connectivity index (χ0v) is 47.8. The van der Waals surface area contributed by atoms with Gasteiger partial charge in [-0.15, -0.1) is 0 Å². The number of hydrogen-bond donors (Lipinski definition) is 1. The molecular formula is C61H111N2O7P. The molecule has 0 bridgehead atoms. The molecule has 0 fully saturated rings. The smallest absolute Gasteiger partial charge is 0.306 e. The summed E-state index contributed by atoms with van der Waals surface area (Å²) in [6.07, 6.45) is 64.4. The summed E-state index contributed by atoms with van der Waals surface area (Å²) >= 11 is 0. The van der Waals surface area contributed by atoms with Crippen LogP contribution in [-0.4, -0.2) is 69.4 Å². The Morgan fingerprint density at radius 1 is 0.493 bits per heavy atom. The van der Waals surface area contributed by atoms with E-state index in [1.807, 2.05) is 33.3 Å². The summed E-state index contributed by atoms with van der Waals surface area (Å²) in [5.41, 5.74) is 0. The van der Waals surface area contributed by atoms with E-state index in [-0.39, 0.29) is 18.9 Å². The lowest BCUT2D eigenvalue weighted by Gasteiger charge is -2.30. The van der Waals surface area contributed by atoms with Gasteiger partial charge < -0.3 is 28.5 Å². The summed E-state index contributed by atoms with van der Waals surface area (Å²) in [6.45, 7) is 6.76. The van der Waals surface area contributed by atoms with Crippen molar-refractivity contribution in [3.8, 4) is 0 Å². The van der Waals surface area contributed by atoms with Gasteiger partial charge >= 0.3 is 5.97 Å². The maximum atomic E-state index is 13.5. The highest BCUT2D eigenvalue weighted by Gasteiger charge is 2.27. The van der Waals surface area contributed by atoms with Gasteiger partial charge in [-0.05, 0) is 96.0 Å². The highest BCUT2D eigenvalue weighted by molar-refractivity contribution is 7.45. The predicted molar refractivity (Wildman–Crippen MR) is 302 cm³/mol. The molecule has 0 aliphatic rings. The molecule has 0 aromatic carbocycles. The largest absolute Gasteiger partial charge is 0.756 e. The number of phosphoric acid groups is 1. The molecule has 71 heavy (non-hydrogen) atoms. The number of allylic oxidation sites excluding steroid dienone is 11. The van der Waals surface area contributed by atoms with E-state index in [0.29, 0.717) is 23.9 Å². The molecule has 1 amide bonds. The molecule has 0 heterocycles. The summed E-state index contributed by atoms with van der Waals surface area (Å²) in [5.74, 6) is -0.617. The molecule has 0 spiro atoms. The second-order valence-corrected chi connectivity index (χ2v) is 22.2. The molecule has 3 atom stereocenters. The molecule has 0 radical (unpaired) electrons. The van der Waals surface area contributed by atoms with Gasteiger partial charge in [0.05, 0.1) is 33.8 Å². The van der Waals surface area contributed by atoms with Gasteiger partial charge in [0.25, 0.3) is 7.82 Å². The Hall–Kier alpha value is -2.55. The Bertz CT molecular complexity index is 1450. The number of quaternary nitrogens is 1. The number of carbonyl (C=O) groups is 2. The summed E-state index contributed by atoms with van der Waals surface area (Å²) in [6, 6.07) is -0.916. The molecule has 412 valence electrons. The minimum absolute atomic E-state index is 0.0343. The van der Waals surface area contributed by atoms with Crippen LogP contribution in [0.3, 0.4) is 0 Å². The molecule has 0 saturated carbocycles. The van der Waals surface area contributed by atoms with E-state index in [1.165, 1.54) is 128 Å². The van der Waals surface area contributed by atoms with Crippen molar-refractivity contribution in [1.29, 1.82) is 0 Å². The number of ether oxygens (including phenoxy) is 1. The van der Waals surface area contributed by atoms with Crippen molar-refractivity contribution in [1.82, 2.24) is 5.32 Å². The van der Waals surface area contributed by atoms with Crippen LogP contribution in [-0.2, 0) is 27.9 Å². The number of likely N-dealkylation sites (N-methyl/N-ethyl adjacent to an activating group) is 1. The molecule has 0 aromatic heterocycles. The molecule has 3 unspecified atom stereocenters. The lowest BCUT2D eigenvalue weighted by molar-refractivity contribution is -0.870. The van der Waals surface area contributed by atoms with Crippen LogP contribution < -0.4 is 10.2 Å². The Morgan fingerprint density at radius 3 is 1.35 bits per heavy atom. The fourth-order valence-electron chi connectivity index (χ4n) is 8.04. The minimum atomic E-state index is -4.71. The number of nitrogens with zero attached hydrogens (tertiary/aromatic N) is 1. The fourth-order valence-corrected chi connectivity index (χ4v) is 8.76. The zero-order chi connectivity index (χ0) is 52.2. The van der Waals surface area contributed by atoms with Gasteiger partial charge in [0.2, 0.25) is 5.91 Å². The quantitative estimate of drug-likeness (QED) is 0.0212. The number of amides is 1. The van der Waals surface area contributed by atoms with Crippen molar-refractivity contribution in [2.45, 2.75) is 264 Å². The van der Waals surface area contributed by atoms with Gasteiger partial charge in [-0.25, -0.2) is 0 Å². The number of rotatable bonds is 52. The average Bonchev–Trinajstić information content (AvgIpc) is 3.33. The Morgan fingerprint density at radius 2 is 0.873 bits per heavy atom. The van der Waals surface area contributed by atoms with Crippen molar-refractivity contribution in [2.75, 3.05) is 40.9 Å².